The summed E-state index contributed by atoms with van der Waals surface area (Å²) in [6.07, 6.45) is 1.51. The minimum Gasteiger partial charge on any atom is -0.338 e. The molecule has 1 saturated heterocycles. The zero-order valence-corrected chi connectivity index (χ0v) is 15.9. The van der Waals surface area contributed by atoms with E-state index in [2.05, 4.69) is 16.0 Å². The number of hydrogen-bond donors (Lipinski definition) is 3. The molecule has 0 spiro atoms. The Bertz CT molecular complexity index is 886. The van der Waals surface area contributed by atoms with Crippen molar-refractivity contribution in [3.8, 4) is 0 Å². The van der Waals surface area contributed by atoms with E-state index in [1.807, 2.05) is 29.2 Å². The van der Waals surface area contributed by atoms with E-state index in [4.69, 9.17) is 0 Å². The van der Waals surface area contributed by atoms with Crippen LogP contribution in [0.15, 0.2) is 48.5 Å². The standard InChI is InChI=1S/C21H23FN4O3/c22-17-6-8-18(9-7-17)25-19(27)13-24-21(29)23-12-15-3-1-4-16(11-15)14-26-10-2-5-20(26)28/h1,3-4,6-9,11H,2,5,10,12-14H2,(H,25,27)(H2,23,24,29). The van der Waals surface area contributed by atoms with Crippen molar-refractivity contribution >= 4 is 23.5 Å². The summed E-state index contributed by atoms with van der Waals surface area (Å²) < 4.78 is 12.9. The van der Waals surface area contributed by atoms with Crippen LogP contribution in [-0.2, 0) is 22.7 Å². The molecule has 3 N–H and O–H groups in total. The zero-order valence-electron chi connectivity index (χ0n) is 15.9. The molecular formula is C21H23FN4O3. The first kappa shape index (κ1) is 20.3. The van der Waals surface area contributed by atoms with Gasteiger partial charge in [0.25, 0.3) is 0 Å². The second-order valence-electron chi connectivity index (χ2n) is 6.83. The van der Waals surface area contributed by atoms with E-state index in [1.165, 1.54) is 24.3 Å². The Hall–Kier alpha value is -3.42. The molecular weight excluding hydrogens is 375 g/mol. The lowest BCUT2D eigenvalue weighted by molar-refractivity contribution is -0.128. The molecule has 0 atom stereocenters. The molecule has 0 bridgehead atoms. The Balaban J connectivity index is 1.40. The van der Waals surface area contributed by atoms with E-state index >= 15 is 0 Å². The summed E-state index contributed by atoms with van der Waals surface area (Å²) in [7, 11) is 0. The Labute approximate surface area is 168 Å². The van der Waals surface area contributed by atoms with Crippen LogP contribution < -0.4 is 16.0 Å². The molecule has 0 aliphatic carbocycles. The normalized spacial score (nSPS) is 13.3. The van der Waals surface area contributed by atoms with Crippen LogP contribution in [0.1, 0.15) is 24.0 Å². The summed E-state index contributed by atoms with van der Waals surface area (Å²) in [5, 5.41) is 7.73. The number of likely N-dealkylation sites (tertiary alicyclic amines) is 1. The number of anilines is 1. The van der Waals surface area contributed by atoms with Gasteiger partial charge in [-0.1, -0.05) is 24.3 Å². The average molecular weight is 398 g/mol. The van der Waals surface area contributed by atoms with Crippen molar-refractivity contribution in [3.63, 3.8) is 0 Å². The fourth-order valence-electron chi connectivity index (χ4n) is 3.07. The first-order valence-electron chi connectivity index (χ1n) is 9.42. The number of benzene rings is 2. The summed E-state index contributed by atoms with van der Waals surface area (Å²) in [6, 6.07) is 12.6. The summed E-state index contributed by atoms with van der Waals surface area (Å²) >= 11 is 0. The number of halogens is 1. The van der Waals surface area contributed by atoms with Crippen LogP contribution in [0.3, 0.4) is 0 Å². The predicted molar refractivity (Wildman–Crippen MR) is 106 cm³/mol. The highest BCUT2D eigenvalue weighted by molar-refractivity contribution is 5.94. The second kappa shape index (κ2) is 9.68. The van der Waals surface area contributed by atoms with Crippen molar-refractivity contribution in [2.45, 2.75) is 25.9 Å². The molecule has 2 aromatic carbocycles. The van der Waals surface area contributed by atoms with Gasteiger partial charge in [0.2, 0.25) is 11.8 Å². The Morgan fingerprint density at radius 1 is 1.03 bits per heavy atom. The maximum Gasteiger partial charge on any atom is 0.315 e. The van der Waals surface area contributed by atoms with Crippen molar-refractivity contribution in [1.29, 1.82) is 0 Å². The van der Waals surface area contributed by atoms with Crippen LogP contribution in [0, 0.1) is 5.82 Å². The highest BCUT2D eigenvalue weighted by Gasteiger charge is 2.19. The zero-order chi connectivity index (χ0) is 20.6. The van der Waals surface area contributed by atoms with Crippen LogP contribution in [0.4, 0.5) is 14.9 Å². The molecule has 0 saturated carbocycles. The van der Waals surface area contributed by atoms with Gasteiger partial charge in [-0.2, -0.15) is 0 Å². The molecule has 4 amide bonds. The van der Waals surface area contributed by atoms with Gasteiger partial charge in [-0.25, -0.2) is 9.18 Å². The summed E-state index contributed by atoms with van der Waals surface area (Å²) in [5.74, 6) is -0.632. The molecule has 1 aliphatic rings. The highest BCUT2D eigenvalue weighted by atomic mass is 19.1. The first-order valence-corrected chi connectivity index (χ1v) is 9.42. The maximum absolute atomic E-state index is 12.9. The van der Waals surface area contributed by atoms with E-state index in [0.717, 1.165) is 24.1 Å². The number of rotatable bonds is 7. The van der Waals surface area contributed by atoms with Crippen LogP contribution in [-0.4, -0.2) is 35.8 Å². The van der Waals surface area contributed by atoms with E-state index in [1.54, 1.807) is 0 Å². The van der Waals surface area contributed by atoms with E-state index in [9.17, 15) is 18.8 Å². The molecule has 152 valence electrons. The SMILES string of the molecule is O=C(CNC(=O)NCc1cccc(CN2CCCC2=O)c1)Nc1ccc(F)cc1. The van der Waals surface area contributed by atoms with E-state index < -0.39 is 17.8 Å². The Morgan fingerprint density at radius 2 is 1.79 bits per heavy atom. The van der Waals surface area contributed by atoms with Crippen LogP contribution >= 0.6 is 0 Å². The minimum absolute atomic E-state index is 0.173. The fraction of sp³-hybridized carbons (Fsp3) is 0.286. The summed E-state index contributed by atoms with van der Waals surface area (Å²) in [4.78, 5) is 37.3. The van der Waals surface area contributed by atoms with Crippen molar-refractivity contribution in [1.82, 2.24) is 15.5 Å². The van der Waals surface area contributed by atoms with Crippen LogP contribution in [0.25, 0.3) is 0 Å². The predicted octanol–water partition coefficient (Wildman–Crippen LogP) is 2.39. The third-order valence-corrected chi connectivity index (χ3v) is 4.53. The topological polar surface area (TPSA) is 90.5 Å². The van der Waals surface area contributed by atoms with E-state index in [-0.39, 0.29) is 12.5 Å². The lowest BCUT2D eigenvalue weighted by Gasteiger charge is -2.16. The summed E-state index contributed by atoms with van der Waals surface area (Å²) in [6.45, 7) is 1.44. The fourth-order valence-corrected chi connectivity index (χ4v) is 3.07. The van der Waals surface area contributed by atoms with Crippen molar-refractivity contribution in [2.24, 2.45) is 0 Å². The molecule has 7 nitrogen and oxygen atoms in total. The molecule has 0 aromatic heterocycles. The third-order valence-electron chi connectivity index (χ3n) is 4.53. The van der Waals surface area contributed by atoms with Crippen LogP contribution in [0.2, 0.25) is 0 Å². The summed E-state index contributed by atoms with van der Waals surface area (Å²) in [5.41, 5.74) is 2.37. The van der Waals surface area contributed by atoms with Crippen molar-refractivity contribution < 1.29 is 18.8 Å². The van der Waals surface area contributed by atoms with Gasteiger partial charge in [0.15, 0.2) is 0 Å². The lowest BCUT2D eigenvalue weighted by Crippen LogP contribution is -2.39. The van der Waals surface area contributed by atoms with Gasteiger partial charge in [0.05, 0.1) is 6.54 Å². The molecule has 2 aromatic rings. The number of carbonyl (C=O) groups excluding carboxylic acids is 3. The molecule has 0 unspecified atom stereocenters. The Morgan fingerprint density at radius 3 is 2.52 bits per heavy atom. The molecule has 0 radical (unpaired) electrons. The minimum atomic E-state index is -0.473. The molecule has 1 fully saturated rings. The monoisotopic (exact) mass is 398 g/mol. The first-order chi connectivity index (χ1) is 14.0. The number of nitrogens with one attached hydrogen (secondary N) is 3. The number of amides is 4. The van der Waals surface area contributed by atoms with Gasteiger partial charge >= 0.3 is 6.03 Å². The van der Waals surface area contributed by atoms with Gasteiger partial charge < -0.3 is 20.9 Å². The number of nitrogens with zero attached hydrogens (tertiary/aromatic N) is 1. The number of carbonyl (C=O) groups is 3. The van der Waals surface area contributed by atoms with Gasteiger partial charge in [-0.05, 0) is 41.8 Å². The Kier molecular flexibility index (Phi) is 6.78. The number of hydrogen-bond acceptors (Lipinski definition) is 3. The molecule has 3 rings (SSSR count). The van der Waals surface area contributed by atoms with Crippen molar-refractivity contribution in [2.75, 3.05) is 18.4 Å². The van der Waals surface area contributed by atoms with Gasteiger partial charge in [-0.15, -0.1) is 0 Å². The molecule has 29 heavy (non-hydrogen) atoms. The third kappa shape index (κ3) is 6.31. The van der Waals surface area contributed by atoms with Crippen LogP contribution in [0.5, 0.6) is 0 Å². The quantitative estimate of drug-likeness (QED) is 0.669. The van der Waals surface area contributed by atoms with Gasteiger partial charge in [-0.3, -0.25) is 9.59 Å². The highest BCUT2D eigenvalue weighted by Crippen LogP contribution is 2.15. The largest absolute Gasteiger partial charge is 0.338 e. The lowest BCUT2D eigenvalue weighted by atomic mass is 10.1. The molecule has 8 heteroatoms. The van der Waals surface area contributed by atoms with Gasteiger partial charge in [0, 0.05) is 31.7 Å². The van der Waals surface area contributed by atoms with Crippen molar-refractivity contribution in [3.05, 3.63) is 65.5 Å². The molecule has 1 aliphatic heterocycles. The van der Waals surface area contributed by atoms with E-state index in [0.29, 0.717) is 25.2 Å². The molecule has 1 heterocycles. The smallest absolute Gasteiger partial charge is 0.315 e. The second-order valence-corrected chi connectivity index (χ2v) is 6.83. The average Bonchev–Trinajstić information content (AvgIpc) is 3.11. The maximum atomic E-state index is 12.9. The number of urea groups is 1. The van der Waals surface area contributed by atoms with Gasteiger partial charge in [0.1, 0.15) is 5.82 Å².